The van der Waals surface area contributed by atoms with Crippen LogP contribution in [0.2, 0.25) is 0 Å². The van der Waals surface area contributed by atoms with Gasteiger partial charge in [0.25, 0.3) is 5.56 Å². The average Bonchev–Trinajstić information content (AvgIpc) is 3.34. The lowest BCUT2D eigenvalue weighted by molar-refractivity contribution is -0.138. The molecule has 0 unspecified atom stereocenters. The van der Waals surface area contributed by atoms with Crippen LogP contribution in [0, 0.1) is 0 Å². The Hall–Kier alpha value is -4.83. The second-order valence-corrected chi connectivity index (χ2v) is 11.1. The summed E-state index contributed by atoms with van der Waals surface area (Å²) in [6, 6.07) is 19.4. The van der Waals surface area contributed by atoms with Crippen LogP contribution in [-0.4, -0.2) is 44.6 Å². The number of nitrogens with zero attached hydrogens (tertiary/aromatic N) is 2. The Balaban J connectivity index is 1.84. The highest BCUT2D eigenvalue weighted by molar-refractivity contribution is 7.07. The highest BCUT2D eigenvalue weighted by atomic mass is 32.1. The summed E-state index contributed by atoms with van der Waals surface area (Å²) in [5.41, 5.74) is 2.39. The molecule has 0 radical (unpaired) electrons. The molecule has 1 aliphatic heterocycles. The third-order valence-electron chi connectivity index (χ3n) is 6.97. The lowest BCUT2D eigenvalue weighted by Crippen LogP contribution is -2.40. The fraction of sp³-hybridized carbons (Fsp3) is 0.265. The predicted octanol–water partition coefficient (Wildman–Crippen LogP) is 4.75. The summed E-state index contributed by atoms with van der Waals surface area (Å²) in [5.74, 6) is 1.50. The quantitative estimate of drug-likeness (QED) is 0.238. The van der Waals surface area contributed by atoms with Crippen LogP contribution in [0.1, 0.15) is 43.5 Å². The van der Waals surface area contributed by atoms with Crippen molar-refractivity contribution in [3.05, 3.63) is 109 Å². The van der Waals surface area contributed by atoms with E-state index in [0.29, 0.717) is 49.2 Å². The van der Waals surface area contributed by atoms with Crippen LogP contribution in [0.3, 0.4) is 0 Å². The van der Waals surface area contributed by atoms with E-state index >= 15 is 0 Å². The maximum atomic E-state index is 14.3. The van der Waals surface area contributed by atoms with E-state index in [0.717, 1.165) is 5.56 Å². The van der Waals surface area contributed by atoms with E-state index in [1.54, 1.807) is 43.9 Å². The van der Waals surface area contributed by atoms with E-state index in [1.807, 2.05) is 68.4 Å². The number of carbonyl (C=O) groups excluding carboxylic acids is 1. The number of methoxy groups -OCH3 is 3. The number of hydrogen-bond donors (Lipinski definition) is 0. The number of ether oxygens (including phenoxy) is 5. The maximum absolute atomic E-state index is 14.3. The molecule has 1 atom stereocenters. The Morgan fingerprint density at radius 3 is 2.34 bits per heavy atom. The summed E-state index contributed by atoms with van der Waals surface area (Å²) in [6.45, 7) is 5.75. The topological polar surface area (TPSA) is 97.6 Å². The molecular formula is C34H34N2O7S. The van der Waals surface area contributed by atoms with Gasteiger partial charge >= 0.3 is 5.97 Å². The first kappa shape index (κ1) is 30.6. The Labute approximate surface area is 259 Å². The fourth-order valence-corrected chi connectivity index (χ4v) is 6.08. The predicted molar refractivity (Wildman–Crippen MR) is 169 cm³/mol. The average molecular weight is 615 g/mol. The van der Waals surface area contributed by atoms with Gasteiger partial charge in [0.05, 0.1) is 55.9 Å². The Bertz CT molecular complexity index is 1890. The number of esters is 1. The number of fused-ring (bicyclic) bond motifs is 1. The van der Waals surface area contributed by atoms with Gasteiger partial charge < -0.3 is 23.7 Å². The van der Waals surface area contributed by atoms with Crippen LogP contribution in [0.15, 0.2) is 82.1 Å². The molecule has 0 aliphatic carbocycles. The summed E-state index contributed by atoms with van der Waals surface area (Å²) >= 11 is 1.23. The molecule has 4 aromatic rings. The van der Waals surface area contributed by atoms with Gasteiger partial charge in [-0.1, -0.05) is 59.9 Å². The van der Waals surface area contributed by atoms with Gasteiger partial charge in [-0.05, 0) is 50.6 Å². The van der Waals surface area contributed by atoms with E-state index in [1.165, 1.54) is 18.4 Å². The van der Waals surface area contributed by atoms with Crippen molar-refractivity contribution in [2.24, 2.45) is 4.99 Å². The highest BCUT2D eigenvalue weighted by Crippen LogP contribution is 2.38. The van der Waals surface area contributed by atoms with Crippen molar-refractivity contribution >= 4 is 29.1 Å². The van der Waals surface area contributed by atoms with Crippen molar-refractivity contribution in [2.75, 3.05) is 27.9 Å². The Kier molecular flexibility index (Phi) is 9.20. The third kappa shape index (κ3) is 5.85. The van der Waals surface area contributed by atoms with Gasteiger partial charge in [-0.25, -0.2) is 9.79 Å². The number of aromatic nitrogens is 1. The lowest BCUT2D eigenvalue weighted by Gasteiger charge is -2.26. The van der Waals surface area contributed by atoms with Crippen molar-refractivity contribution in [3.63, 3.8) is 0 Å². The molecule has 5 rings (SSSR count). The first-order valence-corrected chi connectivity index (χ1v) is 15.0. The molecule has 0 fully saturated rings. The first-order chi connectivity index (χ1) is 21.3. The molecule has 0 spiro atoms. The molecule has 2 heterocycles. The molecule has 10 heteroatoms. The molecule has 44 heavy (non-hydrogen) atoms. The number of rotatable bonds is 10. The summed E-state index contributed by atoms with van der Waals surface area (Å²) in [7, 11) is 4.66. The number of benzene rings is 3. The third-order valence-corrected chi connectivity index (χ3v) is 7.95. The Morgan fingerprint density at radius 2 is 1.68 bits per heavy atom. The SMILES string of the molecule is CCOC(=O)C1=C(c2ccccc2)N=c2s/c(=C\c3cccc(OC)c3OC(C)C)c(=O)n2[C@@H]1c1ccc(OC)c(OC)c1. The minimum Gasteiger partial charge on any atom is -0.493 e. The van der Waals surface area contributed by atoms with Gasteiger partial charge in [0.1, 0.15) is 0 Å². The highest BCUT2D eigenvalue weighted by Gasteiger charge is 2.35. The number of hydrogen-bond acceptors (Lipinski definition) is 9. The van der Waals surface area contributed by atoms with Gasteiger partial charge in [-0.3, -0.25) is 9.36 Å². The summed E-state index contributed by atoms with van der Waals surface area (Å²) in [4.78, 5) is 33.4. The fourth-order valence-electron chi connectivity index (χ4n) is 5.09. The van der Waals surface area contributed by atoms with E-state index in [2.05, 4.69) is 0 Å². The molecule has 0 bridgehead atoms. The van der Waals surface area contributed by atoms with Crippen molar-refractivity contribution in [1.82, 2.24) is 4.57 Å². The van der Waals surface area contributed by atoms with E-state index < -0.39 is 12.0 Å². The van der Waals surface area contributed by atoms with E-state index in [4.69, 9.17) is 28.7 Å². The van der Waals surface area contributed by atoms with Crippen molar-refractivity contribution in [2.45, 2.75) is 32.9 Å². The second kappa shape index (κ2) is 13.2. The van der Waals surface area contributed by atoms with E-state index in [-0.39, 0.29) is 23.8 Å². The molecule has 3 aromatic carbocycles. The van der Waals surface area contributed by atoms with Crippen LogP contribution in [0.4, 0.5) is 0 Å². The molecule has 0 N–H and O–H groups in total. The zero-order valence-electron chi connectivity index (χ0n) is 25.5. The molecule has 1 aliphatic rings. The summed E-state index contributed by atoms with van der Waals surface area (Å²) in [6.07, 6.45) is 1.65. The van der Waals surface area contributed by atoms with Gasteiger partial charge in [0.2, 0.25) is 0 Å². The largest absolute Gasteiger partial charge is 0.493 e. The minimum atomic E-state index is -0.862. The molecule has 9 nitrogen and oxygen atoms in total. The van der Waals surface area contributed by atoms with Gasteiger partial charge in [0, 0.05) is 11.1 Å². The zero-order chi connectivity index (χ0) is 31.4. The van der Waals surface area contributed by atoms with Crippen LogP contribution in [0.5, 0.6) is 23.0 Å². The number of thiazole rings is 1. The number of carbonyl (C=O) groups is 1. The molecule has 1 aromatic heterocycles. The minimum absolute atomic E-state index is 0.120. The molecule has 0 saturated carbocycles. The summed E-state index contributed by atoms with van der Waals surface area (Å²) < 4.78 is 30.2. The van der Waals surface area contributed by atoms with Gasteiger partial charge in [-0.15, -0.1) is 0 Å². The smallest absolute Gasteiger partial charge is 0.338 e. The van der Waals surface area contributed by atoms with Gasteiger partial charge in [-0.2, -0.15) is 0 Å². The first-order valence-electron chi connectivity index (χ1n) is 14.1. The normalized spacial score (nSPS) is 14.6. The van der Waals surface area contributed by atoms with E-state index in [9.17, 15) is 9.59 Å². The molecule has 0 saturated heterocycles. The lowest BCUT2D eigenvalue weighted by atomic mass is 9.93. The van der Waals surface area contributed by atoms with Gasteiger partial charge in [0.15, 0.2) is 27.8 Å². The van der Waals surface area contributed by atoms with Crippen LogP contribution in [0.25, 0.3) is 11.8 Å². The molecule has 0 amide bonds. The zero-order valence-corrected chi connectivity index (χ0v) is 26.3. The second-order valence-electron chi connectivity index (χ2n) is 10.1. The Morgan fingerprint density at radius 1 is 0.955 bits per heavy atom. The van der Waals surface area contributed by atoms with Crippen LogP contribution in [-0.2, 0) is 9.53 Å². The van der Waals surface area contributed by atoms with Crippen molar-refractivity contribution in [3.8, 4) is 23.0 Å². The van der Waals surface area contributed by atoms with Crippen molar-refractivity contribution in [1.29, 1.82) is 0 Å². The molecule has 228 valence electrons. The standard InChI is InChI=1S/C34H34N2O7S/c1-7-42-33(38)28-29(21-12-9-8-10-13-21)35-34-36(30(28)22-16-17-24(39-4)26(18-22)41-6)32(37)27(44-34)19-23-14-11-15-25(40-5)31(23)43-20(2)3/h8-20,30H,7H2,1-6H3/b27-19-/t30-/m1/s1. The van der Waals surface area contributed by atoms with Crippen LogP contribution >= 0.6 is 11.3 Å². The summed E-state index contributed by atoms with van der Waals surface area (Å²) in [5, 5.41) is 0. The monoisotopic (exact) mass is 614 g/mol. The van der Waals surface area contributed by atoms with Crippen molar-refractivity contribution < 1.29 is 28.5 Å². The molecular weight excluding hydrogens is 580 g/mol. The number of para-hydroxylation sites is 1. The van der Waals surface area contributed by atoms with Crippen LogP contribution < -0.4 is 33.8 Å². The maximum Gasteiger partial charge on any atom is 0.338 e.